The molecule has 21 heavy (non-hydrogen) atoms. The molecule has 1 atom stereocenters. The Kier molecular flexibility index (Phi) is 5.03. The number of hydrogen-bond acceptors (Lipinski definition) is 2. The van der Waals surface area contributed by atoms with E-state index in [4.69, 9.17) is 5.73 Å². The van der Waals surface area contributed by atoms with Crippen molar-refractivity contribution in [2.75, 3.05) is 18.5 Å². The first kappa shape index (κ1) is 15.6. The SMILES string of the molecule is CCc1ccc(N(C)CC(N)c2ccc(C)c(C)c2)cc1. The van der Waals surface area contributed by atoms with Crippen LogP contribution in [0.1, 0.15) is 35.2 Å². The zero-order valence-corrected chi connectivity index (χ0v) is 13.6. The first-order valence-electron chi connectivity index (χ1n) is 7.64. The standard InChI is InChI=1S/C19H26N2/c1-5-16-7-10-18(11-8-16)21(4)13-19(20)17-9-6-14(2)15(3)12-17/h6-12,19H,5,13,20H2,1-4H3. The van der Waals surface area contributed by atoms with Crippen LogP contribution in [0.2, 0.25) is 0 Å². The smallest absolute Gasteiger partial charge is 0.0473 e. The molecule has 0 aromatic heterocycles. The van der Waals surface area contributed by atoms with E-state index in [2.05, 4.69) is 75.2 Å². The molecule has 2 aromatic carbocycles. The van der Waals surface area contributed by atoms with E-state index in [0.29, 0.717) is 0 Å². The molecule has 2 N–H and O–H groups in total. The highest BCUT2D eigenvalue weighted by Crippen LogP contribution is 2.20. The molecule has 2 nitrogen and oxygen atoms in total. The molecule has 2 heteroatoms. The summed E-state index contributed by atoms with van der Waals surface area (Å²) >= 11 is 0. The summed E-state index contributed by atoms with van der Waals surface area (Å²) in [6, 6.07) is 15.2. The van der Waals surface area contributed by atoms with Crippen molar-refractivity contribution >= 4 is 5.69 Å². The number of rotatable bonds is 5. The second-order valence-corrected chi connectivity index (χ2v) is 5.85. The molecule has 112 valence electrons. The number of nitrogens with two attached hydrogens (primary N) is 1. The van der Waals surface area contributed by atoms with Gasteiger partial charge in [0.15, 0.2) is 0 Å². The Morgan fingerprint density at radius 1 is 1.00 bits per heavy atom. The molecule has 2 rings (SSSR count). The summed E-state index contributed by atoms with van der Waals surface area (Å²) in [5.41, 5.74) is 12.8. The van der Waals surface area contributed by atoms with Gasteiger partial charge in [0.1, 0.15) is 0 Å². The van der Waals surface area contributed by atoms with Crippen LogP contribution in [-0.4, -0.2) is 13.6 Å². The fourth-order valence-electron chi connectivity index (χ4n) is 2.49. The van der Waals surface area contributed by atoms with E-state index >= 15 is 0 Å². The van der Waals surface area contributed by atoms with Crippen LogP contribution < -0.4 is 10.6 Å². The summed E-state index contributed by atoms with van der Waals surface area (Å²) < 4.78 is 0. The average molecular weight is 282 g/mol. The maximum Gasteiger partial charge on any atom is 0.0473 e. The fraction of sp³-hybridized carbons (Fsp3) is 0.368. The second kappa shape index (κ2) is 6.77. The van der Waals surface area contributed by atoms with Crippen LogP contribution in [0.15, 0.2) is 42.5 Å². The van der Waals surface area contributed by atoms with E-state index in [0.717, 1.165) is 13.0 Å². The van der Waals surface area contributed by atoms with Crippen molar-refractivity contribution in [2.24, 2.45) is 5.73 Å². The largest absolute Gasteiger partial charge is 0.373 e. The number of hydrogen-bond donors (Lipinski definition) is 1. The van der Waals surface area contributed by atoms with Crippen LogP contribution in [0.25, 0.3) is 0 Å². The maximum atomic E-state index is 6.37. The quantitative estimate of drug-likeness (QED) is 0.898. The van der Waals surface area contributed by atoms with Gasteiger partial charge in [0.2, 0.25) is 0 Å². The number of aryl methyl sites for hydroxylation is 3. The third-order valence-corrected chi connectivity index (χ3v) is 4.22. The molecule has 0 fully saturated rings. The normalized spacial score (nSPS) is 12.2. The molecule has 0 radical (unpaired) electrons. The van der Waals surface area contributed by atoms with Gasteiger partial charge in [0.05, 0.1) is 0 Å². The molecular weight excluding hydrogens is 256 g/mol. The molecule has 0 saturated heterocycles. The molecule has 0 aliphatic carbocycles. The second-order valence-electron chi connectivity index (χ2n) is 5.85. The van der Waals surface area contributed by atoms with Gasteiger partial charge in [-0.05, 0) is 54.7 Å². The van der Waals surface area contributed by atoms with Gasteiger partial charge in [-0.25, -0.2) is 0 Å². The Balaban J connectivity index is 2.06. The molecule has 0 heterocycles. The van der Waals surface area contributed by atoms with Gasteiger partial charge < -0.3 is 10.6 Å². The van der Waals surface area contributed by atoms with Crippen molar-refractivity contribution in [3.8, 4) is 0 Å². The highest BCUT2D eigenvalue weighted by atomic mass is 15.1. The van der Waals surface area contributed by atoms with E-state index in [1.54, 1.807) is 0 Å². The minimum absolute atomic E-state index is 0.0279. The van der Waals surface area contributed by atoms with Gasteiger partial charge in [-0.3, -0.25) is 0 Å². The van der Waals surface area contributed by atoms with Crippen molar-refractivity contribution in [1.29, 1.82) is 0 Å². The lowest BCUT2D eigenvalue weighted by Crippen LogP contribution is -2.29. The lowest BCUT2D eigenvalue weighted by Gasteiger charge is -2.24. The highest BCUT2D eigenvalue weighted by Gasteiger charge is 2.10. The Bertz CT molecular complexity index is 587. The van der Waals surface area contributed by atoms with Gasteiger partial charge in [-0.15, -0.1) is 0 Å². The minimum atomic E-state index is 0.0279. The van der Waals surface area contributed by atoms with Crippen molar-refractivity contribution in [3.05, 3.63) is 64.7 Å². The van der Waals surface area contributed by atoms with Gasteiger partial charge in [0.25, 0.3) is 0 Å². The predicted octanol–water partition coefficient (Wildman–Crippen LogP) is 4.00. The molecule has 0 aliphatic rings. The first-order valence-corrected chi connectivity index (χ1v) is 7.64. The monoisotopic (exact) mass is 282 g/mol. The summed E-state index contributed by atoms with van der Waals surface area (Å²) in [5.74, 6) is 0. The minimum Gasteiger partial charge on any atom is -0.373 e. The van der Waals surface area contributed by atoms with E-state index in [-0.39, 0.29) is 6.04 Å². The summed E-state index contributed by atoms with van der Waals surface area (Å²) in [6.45, 7) is 7.26. The predicted molar refractivity (Wildman–Crippen MR) is 91.9 cm³/mol. The van der Waals surface area contributed by atoms with Gasteiger partial charge in [-0.1, -0.05) is 37.3 Å². The zero-order chi connectivity index (χ0) is 15.4. The van der Waals surface area contributed by atoms with Crippen LogP contribution in [0, 0.1) is 13.8 Å². The van der Waals surface area contributed by atoms with E-state index < -0.39 is 0 Å². The summed E-state index contributed by atoms with van der Waals surface area (Å²) in [5, 5.41) is 0. The molecule has 0 aliphatic heterocycles. The van der Waals surface area contributed by atoms with Gasteiger partial charge in [-0.2, -0.15) is 0 Å². The number of benzene rings is 2. The van der Waals surface area contributed by atoms with Crippen LogP contribution >= 0.6 is 0 Å². The topological polar surface area (TPSA) is 29.3 Å². The van der Waals surface area contributed by atoms with E-state index in [1.165, 1.54) is 27.9 Å². The Morgan fingerprint density at radius 2 is 1.67 bits per heavy atom. The first-order chi connectivity index (χ1) is 10.0. The van der Waals surface area contributed by atoms with Crippen molar-refractivity contribution in [3.63, 3.8) is 0 Å². The summed E-state index contributed by atoms with van der Waals surface area (Å²) in [7, 11) is 2.10. The molecule has 1 unspecified atom stereocenters. The van der Waals surface area contributed by atoms with Crippen LogP contribution in [0.5, 0.6) is 0 Å². The third kappa shape index (κ3) is 3.85. The van der Waals surface area contributed by atoms with Crippen LogP contribution in [0.4, 0.5) is 5.69 Å². The fourth-order valence-corrected chi connectivity index (χ4v) is 2.49. The average Bonchev–Trinajstić information content (AvgIpc) is 2.50. The van der Waals surface area contributed by atoms with E-state index in [1.807, 2.05) is 0 Å². The lowest BCUT2D eigenvalue weighted by molar-refractivity contribution is 0.702. The molecule has 2 aromatic rings. The van der Waals surface area contributed by atoms with E-state index in [9.17, 15) is 0 Å². The maximum absolute atomic E-state index is 6.37. The zero-order valence-electron chi connectivity index (χ0n) is 13.6. The molecule has 0 amide bonds. The Morgan fingerprint density at radius 3 is 2.24 bits per heavy atom. The van der Waals surface area contributed by atoms with Crippen molar-refractivity contribution in [1.82, 2.24) is 0 Å². The van der Waals surface area contributed by atoms with Crippen molar-refractivity contribution in [2.45, 2.75) is 33.2 Å². The van der Waals surface area contributed by atoms with Crippen LogP contribution in [0.3, 0.4) is 0 Å². The molecule has 0 bridgehead atoms. The molecule has 0 spiro atoms. The summed E-state index contributed by atoms with van der Waals surface area (Å²) in [6.07, 6.45) is 1.08. The highest BCUT2D eigenvalue weighted by molar-refractivity contribution is 5.47. The van der Waals surface area contributed by atoms with Crippen LogP contribution in [-0.2, 0) is 6.42 Å². The summed E-state index contributed by atoms with van der Waals surface area (Å²) in [4.78, 5) is 2.22. The molecular formula is C19H26N2. The Labute approximate surface area is 128 Å². The number of nitrogens with zero attached hydrogens (tertiary/aromatic N) is 1. The number of anilines is 1. The Hall–Kier alpha value is -1.80. The van der Waals surface area contributed by atoms with Crippen molar-refractivity contribution < 1.29 is 0 Å². The van der Waals surface area contributed by atoms with Gasteiger partial charge in [0, 0.05) is 25.3 Å². The molecule has 0 saturated carbocycles. The lowest BCUT2D eigenvalue weighted by atomic mass is 10.0. The third-order valence-electron chi connectivity index (χ3n) is 4.22. The van der Waals surface area contributed by atoms with Gasteiger partial charge >= 0.3 is 0 Å². The number of likely N-dealkylation sites (N-methyl/N-ethyl adjacent to an activating group) is 1.